The Balaban J connectivity index is 2.16. The van der Waals surface area contributed by atoms with Gasteiger partial charge in [0.05, 0.1) is 0 Å². The molecule has 5 heteroatoms. The van der Waals surface area contributed by atoms with E-state index in [1.54, 1.807) is 30.5 Å². The van der Waals surface area contributed by atoms with E-state index in [2.05, 4.69) is 15.6 Å². The van der Waals surface area contributed by atoms with Crippen LogP contribution in [0.25, 0.3) is 0 Å². The Labute approximate surface area is 129 Å². The van der Waals surface area contributed by atoms with Gasteiger partial charge in [-0.15, -0.1) is 0 Å². The maximum Gasteiger partial charge on any atom is 0.274 e. The molecular formula is C16H18ClN3O. The first-order valence-electron chi connectivity index (χ1n) is 6.76. The van der Waals surface area contributed by atoms with Crippen LogP contribution in [0.5, 0.6) is 0 Å². The van der Waals surface area contributed by atoms with Gasteiger partial charge in [-0.05, 0) is 56.7 Å². The summed E-state index contributed by atoms with van der Waals surface area (Å²) in [6.07, 6.45) is 1.62. The second-order valence-electron chi connectivity index (χ2n) is 5.14. The molecule has 0 fully saturated rings. The second kappa shape index (κ2) is 6.59. The van der Waals surface area contributed by atoms with Crippen LogP contribution in [0.4, 0.5) is 11.4 Å². The fraction of sp³-hybridized carbons (Fsp3) is 0.250. The van der Waals surface area contributed by atoms with Crippen LogP contribution < -0.4 is 10.6 Å². The molecule has 1 heterocycles. The molecule has 0 saturated carbocycles. The fourth-order valence-electron chi connectivity index (χ4n) is 1.93. The molecule has 0 atom stereocenters. The summed E-state index contributed by atoms with van der Waals surface area (Å²) in [5.74, 6) is -0.243. The van der Waals surface area contributed by atoms with E-state index in [-0.39, 0.29) is 5.91 Å². The highest BCUT2D eigenvalue weighted by atomic mass is 35.5. The number of amides is 1. The number of aromatic nitrogens is 1. The molecule has 2 rings (SSSR count). The minimum atomic E-state index is -0.243. The van der Waals surface area contributed by atoms with Gasteiger partial charge in [0.1, 0.15) is 5.69 Å². The van der Waals surface area contributed by atoms with E-state index in [0.29, 0.717) is 16.8 Å². The number of pyridine rings is 1. The average Bonchev–Trinajstić information content (AvgIpc) is 2.41. The summed E-state index contributed by atoms with van der Waals surface area (Å²) >= 11 is 5.91. The number of carbonyl (C=O) groups is 1. The highest BCUT2D eigenvalue weighted by Crippen LogP contribution is 2.20. The van der Waals surface area contributed by atoms with E-state index >= 15 is 0 Å². The number of anilines is 2. The van der Waals surface area contributed by atoms with Crippen molar-refractivity contribution in [1.82, 2.24) is 4.98 Å². The molecular weight excluding hydrogens is 286 g/mol. The minimum Gasteiger partial charge on any atom is -0.383 e. The number of nitrogens with one attached hydrogen (secondary N) is 2. The van der Waals surface area contributed by atoms with Crippen molar-refractivity contribution in [3.05, 3.63) is 52.8 Å². The van der Waals surface area contributed by atoms with E-state index in [1.165, 1.54) is 0 Å². The molecule has 0 aliphatic carbocycles. The Morgan fingerprint density at radius 1 is 1.24 bits per heavy atom. The first-order chi connectivity index (χ1) is 9.95. The fourth-order valence-corrected chi connectivity index (χ4v) is 2.16. The molecule has 0 aliphatic rings. The van der Waals surface area contributed by atoms with E-state index < -0.39 is 0 Å². The third-order valence-corrected chi connectivity index (χ3v) is 3.12. The molecule has 1 aromatic heterocycles. The number of rotatable bonds is 4. The summed E-state index contributed by atoms with van der Waals surface area (Å²) in [4.78, 5) is 16.4. The van der Waals surface area contributed by atoms with Crippen molar-refractivity contribution in [3.8, 4) is 0 Å². The molecule has 1 aromatic carbocycles. The molecule has 0 radical (unpaired) electrons. The third kappa shape index (κ3) is 4.20. The summed E-state index contributed by atoms with van der Waals surface area (Å²) in [7, 11) is 0. The molecule has 0 spiro atoms. The van der Waals surface area contributed by atoms with Crippen molar-refractivity contribution in [2.24, 2.45) is 0 Å². The van der Waals surface area contributed by atoms with Gasteiger partial charge in [-0.2, -0.15) is 0 Å². The Morgan fingerprint density at radius 2 is 2.00 bits per heavy atom. The number of hydrogen-bond donors (Lipinski definition) is 2. The lowest BCUT2D eigenvalue weighted by Gasteiger charge is -2.11. The molecule has 21 heavy (non-hydrogen) atoms. The third-order valence-electron chi connectivity index (χ3n) is 2.88. The lowest BCUT2D eigenvalue weighted by molar-refractivity contribution is 0.102. The van der Waals surface area contributed by atoms with Gasteiger partial charge < -0.3 is 10.6 Å². The molecule has 0 saturated heterocycles. The van der Waals surface area contributed by atoms with Crippen LogP contribution in [0.3, 0.4) is 0 Å². The van der Waals surface area contributed by atoms with Gasteiger partial charge in [-0.25, -0.2) is 0 Å². The minimum absolute atomic E-state index is 0.243. The van der Waals surface area contributed by atoms with E-state index in [9.17, 15) is 4.79 Å². The number of nitrogens with zero attached hydrogens (tertiary/aromatic N) is 1. The number of benzene rings is 1. The first kappa shape index (κ1) is 15.3. The summed E-state index contributed by atoms with van der Waals surface area (Å²) < 4.78 is 0. The van der Waals surface area contributed by atoms with Crippen LogP contribution >= 0.6 is 11.6 Å². The van der Waals surface area contributed by atoms with Crippen molar-refractivity contribution >= 4 is 28.9 Å². The van der Waals surface area contributed by atoms with E-state index in [0.717, 1.165) is 16.9 Å². The van der Waals surface area contributed by atoms with Gasteiger partial charge in [-0.3, -0.25) is 9.78 Å². The highest BCUT2D eigenvalue weighted by Gasteiger charge is 2.10. The topological polar surface area (TPSA) is 54.0 Å². The molecule has 2 aromatic rings. The van der Waals surface area contributed by atoms with Crippen LogP contribution in [0, 0.1) is 6.92 Å². The number of aryl methyl sites for hydroxylation is 1. The SMILES string of the molecule is Cc1cc(Cl)ccc1NC(=O)c1cc(NC(C)C)ccn1. The van der Waals surface area contributed by atoms with Gasteiger partial charge in [0.25, 0.3) is 5.91 Å². The molecule has 2 N–H and O–H groups in total. The molecule has 0 aliphatic heterocycles. The summed E-state index contributed by atoms with van der Waals surface area (Å²) in [6, 6.07) is 9.20. The van der Waals surface area contributed by atoms with E-state index in [4.69, 9.17) is 11.6 Å². The largest absolute Gasteiger partial charge is 0.383 e. The van der Waals surface area contributed by atoms with E-state index in [1.807, 2.05) is 26.8 Å². The zero-order valence-corrected chi connectivity index (χ0v) is 13.0. The smallest absolute Gasteiger partial charge is 0.274 e. The zero-order valence-electron chi connectivity index (χ0n) is 12.3. The van der Waals surface area contributed by atoms with Crippen LogP contribution in [0.15, 0.2) is 36.5 Å². The average molecular weight is 304 g/mol. The molecule has 1 amide bonds. The van der Waals surface area contributed by atoms with Gasteiger partial charge in [0.2, 0.25) is 0 Å². The standard InChI is InChI=1S/C16H18ClN3O/c1-10(2)19-13-6-7-18-15(9-13)16(21)20-14-5-4-12(17)8-11(14)3/h4-10H,1-3H3,(H,18,19)(H,20,21). The van der Waals surface area contributed by atoms with Gasteiger partial charge >= 0.3 is 0 Å². The van der Waals surface area contributed by atoms with Crippen LogP contribution in [-0.4, -0.2) is 16.9 Å². The van der Waals surface area contributed by atoms with Crippen molar-refractivity contribution in [3.63, 3.8) is 0 Å². The molecule has 110 valence electrons. The molecule has 0 bridgehead atoms. The predicted octanol–water partition coefficient (Wildman–Crippen LogP) is 4.12. The lowest BCUT2D eigenvalue weighted by Crippen LogP contribution is -2.16. The number of halogens is 1. The summed E-state index contributed by atoms with van der Waals surface area (Å²) in [5.41, 5.74) is 2.88. The van der Waals surface area contributed by atoms with Crippen LogP contribution in [0.2, 0.25) is 5.02 Å². The van der Waals surface area contributed by atoms with Gasteiger partial charge in [-0.1, -0.05) is 11.6 Å². The molecule has 4 nitrogen and oxygen atoms in total. The van der Waals surface area contributed by atoms with Crippen LogP contribution in [-0.2, 0) is 0 Å². The molecule has 0 unspecified atom stereocenters. The second-order valence-corrected chi connectivity index (χ2v) is 5.58. The van der Waals surface area contributed by atoms with Gasteiger partial charge in [0.15, 0.2) is 0 Å². The van der Waals surface area contributed by atoms with Gasteiger partial charge in [0, 0.05) is 28.6 Å². The quantitative estimate of drug-likeness (QED) is 0.893. The summed E-state index contributed by atoms with van der Waals surface area (Å²) in [6.45, 7) is 5.97. The Bertz CT molecular complexity index is 656. The maximum absolute atomic E-state index is 12.3. The monoisotopic (exact) mass is 303 g/mol. The van der Waals surface area contributed by atoms with Crippen molar-refractivity contribution in [2.75, 3.05) is 10.6 Å². The first-order valence-corrected chi connectivity index (χ1v) is 7.13. The Kier molecular flexibility index (Phi) is 4.81. The Morgan fingerprint density at radius 3 is 2.67 bits per heavy atom. The summed E-state index contributed by atoms with van der Waals surface area (Å²) in [5, 5.41) is 6.74. The maximum atomic E-state index is 12.3. The zero-order chi connectivity index (χ0) is 15.4. The van der Waals surface area contributed by atoms with Crippen molar-refractivity contribution in [1.29, 1.82) is 0 Å². The van der Waals surface area contributed by atoms with Crippen LogP contribution in [0.1, 0.15) is 29.9 Å². The lowest BCUT2D eigenvalue weighted by atomic mass is 10.2. The number of carbonyl (C=O) groups excluding carboxylic acids is 1. The number of hydrogen-bond acceptors (Lipinski definition) is 3. The van der Waals surface area contributed by atoms with Crippen molar-refractivity contribution < 1.29 is 4.79 Å². The highest BCUT2D eigenvalue weighted by molar-refractivity contribution is 6.30. The van der Waals surface area contributed by atoms with Crippen molar-refractivity contribution in [2.45, 2.75) is 26.8 Å². The predicted molar refractivity (Wildman–Crippen MR) is 87.1 cm³/mol. The normalized spacial score (nSPS) is 10.5. The Hall–Kier alpha value is -2.07.